The Morgan fingerprint density at radius 3 is 2.50 bits per heavy atom. The van der Waals surface area contributed by atoms with Crippen LogP contribution in [0.4, 0.5) is 15.8 Å². The average Bonchev–Trinajstić information content (AvgIpc) is 2.98. The number of piperidine rings is 1. The molecule has 0 spiro atoms. The lowest BCUT2D eigenvalue weighted by molar-refractivity contribution is -0.123. The number of hydrogen-bond donors (Lipinski definition) is 1. The first kappa shape index (κ1) is 9.33. The van der Waals surface area contributed by atoms with E-state index in [1.807, 2.05) is 0 Å². The number of amides is 2. The minimum Gasteiger partial charge on any atom is -0.399 e. The first-order chi connectivity index (χ1) is 7.59. The maximum atomic E-state index is 13.5. The highest BCUT2D eigenvalue weighted by atomic mass is 19.1. The Labute approximate surface area is 90.8 Å². The second kappa shape index (κ2) is 2.81. The largest absolute Gasteiger partial charge is 0.399 e. The molecule has 2 fully saturated rings. The Bertz CT molecular complexity index is 495. The van der Waals surface area contributed by atoms with Gasteiger partial charge in [-0.1, -0.05) is 0 Å². The lowest BCUT2D eigenvalue weighted by Crippen LogP contribution is -2.33. The van der Waals surface area contributed by atoms with Crippen LogP contribution in [0.2, 0.25) is 0 Å². The van der Waals surface area contributed by atoms with Crippen molar-refractivity contribution in [2.45, 2.75) is 6.42 Å². The van der Waals surface area contributed by atoms with E-state index in [0.717, 1.165) is 11.0 Å². The topological polar surface area (TPSA) is 63.4 Å². The first-order valence-corrected chi connectivity index (χ1v) is 5.02. The standard InChI is InChI=1S/C11H9FN2O2/c12-8-2-1-5(13)3-9(8)14-10(15)6-4-7(6)11(14)16/h1-3,6-7H,4,13H2. The molecule has 1 aromatic carbocycles. The summed E-state index contributed by atoms with van der Waals surface area (Å²) in [7, 11) is 0. The molecule has 2 unspecified atom stereocenters. The smallest absolute Gasteiger partial charge is 0.237 e. The summed E-state index contributed by atoms with van der Waals surface area (Å²) < 4.78 is 13.5. The fourth-order valence-electron chi connectivity index (χ4n) is 2.12. The molecular formula is C11H9FN2O2. The van der Waals surface area contributed by atoms with Crippen molar-refractivity contribution in [2.75, 3.05) is 10.6 Å². The van der Waals surface area contributed by atoms with Gasteiger partial charge >= 0.3 is 0 Å². The van der Waals surface area contributed by atoms with Gasteiger partial charge in [0.25, 0.3) is 0 Å². The molecule has 2 atom stereocenters. The van der Waals surface area contributed by atoms with Crippen molar-refractivity contribution >= 4 is 23.2 Å². The molecule has 5 heteroatoms. The highest BCUT2D eigenvalue weighted by molar-refractivity contribution is 6.24. The quantitative estimate of drug-likeness (QED) is 0.565. The Morgan fingerprint density at radius 2 is 1.88 bits per heavy atom. The van der Waals surface area contributed by atoms with E-state index in [1.165, 1.54) is 12.1 Å². The molecule has 0 radical (unpaired) electrons. The number of nitrogens with zero attached hydrogens (tertiary/aromatic N) is 1. The van der Waals surface area contributed by atoms with E-state index in [4.69, 9.17) is 5.73 Å². The maximum Gasteiger partial charge on any atom is 0.237 e. The number of imide groups is 1. The predicted molar refractivity (Wildman–Crippen MR) is 54.9 cm³/mol. The maximum absolute atomic E-state index is 13.5. The SMILES string of the molecule is Nc1ccc(F)c(N2C(=O)C3CC3C2=O)c1. The van der Waals surface area contributed by atoms with E-state index in [1.54, 1.807) is 0 Å². The number of anilines is 2. The molecule has 0 bridgehead atoms. The molecule has 2 N–H and O–H groups in total. The van der Waals surface area contributed by atoms with Crippen LogP contribution in [0.5, 0.6) is 0 Å². The van der Waals surface area contributed by atoms with Crippen molar-refractivity contribution in [3.8, 4) is 0 Å². The number of hydrogen-bond acceptors (Lipinski definition) is 3. The van der Waals surface area contributed by atoms with Gasteiger partial charge in [-0.3, -0.25) is 9.59 Å². The van der Waals surface area contributed by atoms with Gasteiger partial charge in [0.15, 0.2) is 0 Å². The van der Waals surface area contributed by atoms with Crippen molar-refractivity contribution < 1.29 is 14.0 Å². The lowest BCUT2D eigenvalue weighted by atomic mass is 10.2. The Balaban J connectivity index is 2.07. The van der Waals surface area contributed by atoms with Crippen molar-refractivity contribution in [1.82, 2.24) is 0 Å². The fourth-order valence-corrected chi connectivity index (χ4v) is 2.12. The van der Waals surface area contributed by atoms with Crippen LogP contribution in [0.3, 0.4) is 0 Å². The zero-order chi connectivity index (χ0) is 11.4. The third-order valence-electron chi connectivity index (χ3n) is 3.08. The molecule has 1 aromatic rings. The van der Waals surface area contributed by atoms with Crippen LogP contribution in [0.1, 0.15) is 6.42 Å². The number of nitrogen functional groups attached to an aromatic ring is 1. The van der Waals surface area contributed by atoms with Crippen LogP contribution in [0.25, 0.3) is 0 Å². The van der Waals surface area contributed by atoms with E-state index < -0.39 is 5.82 Å². The minimum atomic E-state index is -0.600. The summed E-state index contributed by atoms with van der Waals surface area (Å²) in [5.41, 5.74) is 5.82. The number of halogens is 1. The van der Waals surface area contributed by atoms with Crippen LogP contribution >= 0.6 is 0 Å². The molecule has 1 aliphatic carbocycles. The highest BCUT2D eigenvalue weighted by Crippen LogP contribution is 2.48. The molecule has 0 aromatic heterocycles. The Kier molecular flexibility index (Phi) is 1.64. The van der Waals surface area contributed by atoms with Gasteiger partial charge in [-0.05, 0) is 24.6 Å². The molecule has 16 heavy (non-hydrogen) atoms. The van der Waals surface area contributed by atoms with Gasteiger partial charge in [-0.2, -0.15) is 0 Å². The van der Waals surface area contributed by atoms with Gasteiger partial charge in [0, 0.05) is 5.69 Å². The van der Waals surface area contributed by atoms with E-state index in [2.05, 4.69) is 0 Å². The summed E-state index contributed by atoms with van der Waals surface area (Å²) in [4.78, 5) is 24.4. The van der Waals surface area contributed by atoms with Crippen molar-refractivity contribution in [3.63, 3.8) is 0 Å². The Hall–Kier alpha value is -1.91. The third-order valence-corrected chi connectivity index (χ3v) is 3.08. The summed E-state index contributed by atoms with van der Waals surface area (Å²) in [6.45, 7) is 0. The minimum absolute atomic E-state index is 0.0257. The summed E-state index contributed by atoms with van der Waals surface area (Å²) in [5, 5.41) is 0. The molecule has 1 aliphatic heterocycles. The molecular weight excluding hydrogens is 211 g/mol. The summed E-state index contributed by atoms with van der Waals surface area (Å²) in [5.74, 6) is -1.67. The molecule has 1 saturated carbocycles. The van der Waals surface area contributed by atoms with Crippen LogP contribution in [0.15, 0.2) is 18.2 Å². The molecule has 82 valence electrons. The summed E-state index contributed by atoms with van der Waals surface area (Å²) in [6, 6.07) is 3.87. The van der Waals surface area contributed by atoms with Gasteiger partial charge in [-0.25, -0.2) is 9.29 Å². The van der Waals surface area contributed by atoms with Crippen LogP contribution in [-0.4, -0.2) is 11.8 Å². The molecule has 4 nitrogen and oxygen atoms in total. The summed E-state index contributed by atoms with van der Waals surface area (Å²) >= 11 is 0. The van der Waals surface area contributed by atoms with Crippen LogP contribution < -0.4 is 10.6 Å². The molecule has 1 saturated heterocycles. The highest BCUT2D eigenvalue weighted by Gasteiger charge is 2.59. The van der Waals surface area contributed by atoms with Gasteiger partial charge in [0.05, 0.1) is 17.5 Å². The zero-order valence-electron chi connectivity index (χ0n) is 8.31. The summed E-state index contributed by atoms with van der Waals surface area (Å²) in [6.07, 6.45) is 0.609. The van der Waals surface area contributed by atoms with E-state index in [-0.39, 0.29) is 29.3 Å². The number of benzene rings is 1. The zero-order valence-corrected chi connectivity index (χ0v) is 8.31. The predicted octanol–water partition coefficient (Wildman–Crippen LogP) is 0.917. The van der Waals surface area contributed by atoms with E-state index in [9.17, 15) is 14.0 Å². The van der Waals surface area contributed by atoms with E-state index in [0.29, 0.717) is 12.1 Å². The van der Waals surface area contributed by atoms with Crippen molar-refractivity contribution in [1.29, 1.82) is 0 Å². The van der Waals surface area contributed by atoms with Crippen molar-refractivity contribution in [2.24, 2.45) is 11.8 Å². The second-order valence-corrected chi connectivity index (χ2v) is 4.17. The van der Waals surface area contributed by atoms with Crippen LogP contribution in [0, 0.1) is 17.7 Å². The fraction of sp³-hybridized carbons (Fsp3) is 0.273. The van der Waals surface area contributed by atoms with Gasteiger partial charge < -0.3 is 5.73 Å². The monoisotopic (exact) mass is 220 g/mol. The normalized spacial score (nSPS) is 27.2. The first-order valence-electron chi connectivity index (χ1n) is 5.02. The van der Waals surface area contributed by atoms with Gasteiger partial charge in [-0.15, -0.1) is 0 Å². The number of fused-ring (bicyclic) bond motifs is 1. The lowest BCUT2D eigenvalue weighted by Gasteiger charge is -2.17. The number of carbonyl (C=O) groups is 2. The molecule has 1 heterocycles. The molecule has 3 rings (SSSR count). The second-order valence-electron chi connectivity index (χ2n) is 4.17. The Morgan fingerprint density at radius 1 is 1.25 bits per heavy atom. The third kappa shape index (κ3) is 1.08. The van der Waals surface area contributed by atoms with Gasteiger partial charge in [0.1, 0.15) is 5.82 Å². The van der Waals surface area contributed by atoms with Crippen molar-refractivity contribution in [3.05, 3.63) is 24.0 Å². The number of rotatable bonds is 1. The number of nitrogens with two attached hydrogens (primary N) is 1. The van der Waals surface area contributed by atoms with E-state index >= 15 is 0 Å². The van der Waals surface area contributed by atoms with Crippen LogP contribution in [-0.2, 0) is 9.59 Å². The van der Waals surface area contributed by atoms with Gasteiger partial charge in [0.2, 0.25) is 11.8 Å². The number of carbonyl (C=O) groups excluding carboxylic acids is 2. The molecule has 2 aliphatic rings. The molecule has 2 amide bonds. The average molecular weight is 220 g/mol.